The molecular formula is C52H66Br2N2O5. The van der Waals surface area contributed by atoms with Crippen LogP contribution in [0.2, 0.25) is 0 Å². The van der Waals surface area contributed by atoms with E-state index in [1.54, 1.807) is 0 Å². The Hall–Kier alpha value is -4.32. The third-order valence-corrected chi connectivity index (χ3v) is 10.9. The van der Waals surface area contributed by atoms with Crippen molar-refractivity contribution in [1.29, 1.82) is 0 Å². The zero-order chi connectivity index (χ0) is 41.1. The van der Waals surface area contributed by atoms with Gasteiger partial charge in [-0.05, 0) is 73.4 Å². The van der Waals surface area contributed by atoms with Crippen molar-refractivity contribution in [3.05, 3.63) is 203 Å². The Kier molecular flexibility index (Phi) is 23.9. The molecule has 0 aromatic heterocycles. The fourth-order valence-corrected chi connectivity index (χ4v) is 7.48. The second-order valence-electron chi connectivity index (χ2n) is 14.3. The SMILES string of the molecule is Br.Br.CCN(CC)CCCOc1ccccc1C(O)(c1ccccc1)c1ccccc1.CCN(CC)CCCOc1ccccc1C(O)(c1ccccc1)c1ccccc1.O. The average molecular weight is 959 g/mol. The second kappa shape index (κ2) is 27.6. The van der Waals surface area contributed by atoms with Crippen LogP contribution >= 0.6 is 34.0 Å². The standard InChI is InChI=1S/2C26H31NO2.2BrH.H2O/c2*1-3-27(4-2)20-13-21-29-25-19-12-11-18-24(25)26(28,22-14-7-5-8-15-22)23-16-9-6-10-17-23;;;/h2*5-12,14-19,28H,3-4,13,20-21H2,1-2H3;2*1H;1H2. The molecule has 328 valence electrons. The number of hydrogen-bond donors (Lipinski definition) is 2. The van der Waals surface area contributed by atoms with Gasteiger partial charge < -0.3 is 35.0 Å². The first kappa shape index (κ1) is 52.8. The quantitative estimate of drug-likeness (QED) is 0.0585. The van der Waals surface area contributed by atoms with E-state index in [0.717, 1.165) is 97.0 Å². The highest BCUT2D eigenvalue weighted by atomic mass is 79.9. The van der Waals surface area contributed by atoms with Crippen LogP contribution in [0.5, 0.6) is 11.5 Å². The van der Waals surface area contributed by atoms with E-state index in [2.05, 4.69) is 37.5 Å². The van der Waals surface area contributed by atoms with E-state index in [9.17, 15) is 10.2 Å². The normalized spacial score (nSPS) is 11.0. The van der Waals surface area contributed by atoms with Crippen molar-refractivity contribution in [2.45, 2.75) is 51.7 Å². The summed E-state index contributed by atoms with van der Waals surface area (Å²) in [5.41, 5.74) is 2.27. The van der Waals surface area contributed by atoms with Crippen LogP contribution in [-0.4, -0.2) is 78.0 Å². The van der Waals surface area contributed by atoms with Crippen molar-refractivity contribution >= 4 is 34.0 Å². The van der Waals surface area contributed by atoms with Crippen LogP contribution in [0.1, 0.15) is 73.9 Å². The van der Waals surface area contributed by atoms with Crippen molar-refractivity contribution in [3.8, 4) is 11.5 Å². The van der Waals surface area contributed by atoms with E-state index in [1.807, 2.05) is 170 Å². The highest BCUT2D eigenvalue weighted by Gasteiger charge is 2.37. The first-order valence-electron chi connectivity index (χ1n) is 21.0. The van der Waals surface area contributed by atoms with E-state index in [4.69, 9.17) is 9.47 Å². The lowest BCUT2D eigenvalue weighted by Crippen LogP contribution is -2.30. The van der Waals surface area contributed by atoms with E-state index < -0.39 is 11.2 Å². The zero-order valence-electron chi connectivity index (χ0n) is 36.2. The van der Waals surface area contributed by atoms with Crippen LogP contribution in [0.4, 0.5) is 0 Å². The maximum Gasteiger partial charge on any atom is 0.144 e. The molecule has 0 aliphatic rings. The van der Waals surface area contributed by atoms with Gasteiger partial charge >= 0.3 is 0 Å². The lowest BCUT2D eigenvalue weighted by Gasteiger charge is -2.31. The minimum atomic E-state index is -1.28. The predicted molar refractivity (Wildman–Crippen MR) is 263 cm³/mol. The van der Waals surface area contributed by atoms with Gasteiger partial charge in [-0.15, -0.1) is 34.0 Å². The van der Waals surface area contributed by atoms with Crippen molar-refractivity contribution < 1.29 is 25.2 Å². The summed E-state index contributed by atoms with van der Waals surface area (Å²) < 4.78 is 12.4. The van der Waals surface area contributed by atoms with E-state index in [0.29, 0.717) is 13.2 Å². The molecule has 0 saturated heterocycles. The average Bonchev–Trinajstić information content (AvgIpc) is 3.30. The number of para-hydroxylation sites is 2. The van der Waals surface area contributed by atoms with Gasteiger partial charge in [0.1, 0.15) is 22.7 Å². The smallest absolute Gasteiger partial charge is 0.144 e. The van der Waals surface area contributed by atoms with Gasteiger partial charge in [-0.1, -0.05) is 185 Å². The first-order chi connectivity index (χ1) is 28.4. The van der Waals surface area contributed by atoms with Crippen LogP contribution < -0.4 is 9.47 Å². The van der Waals surface area contributed by atoms with Crippen LogP contribution in [0.15, 0.2) is 170 Å². The number of halogens is 2. The summed E-state index contributed by atoms with van der Waals surface area (Å²) in [6.07, 6.45) is 1.90. The molecule has 0 bridgehead atoms. The maximum absolute atomic E-state index is 12.0. The summed E-state index contributed by atoms with van der Waals surface area (Å²) in [7, 11) is 0. The molecule has 7 nitrogen and oxygen atoms in total. The summed E-state index contributed by atoms with van der Waals surface area (Å²) >= 11 is 0. The molecule has 4 N–H and O–H groups in total. The van der Waals surface area contributed by atoms with Gasteiger partial charge in [0.25, 0.3) is 0 Å². The molecule has 0 unspecified atom stereocenters. The Morgan fingerprint density at radius 1 is 0.393 bits per heavy atom. The Morgan fingerprint density at radius 2 is 0.639 bits per heavy atom. The first-order valence-corrected chi connectivity index (χ1v) is 21.0. The van der Waals surface area contributed by atoms with Gasteiger partial charge in [0, 0.05) is 24.2 Å². The fraction of sp³-hybridized carbons (Fsp3) is 0.308. The number of aliphatic hydroxyl groups is 2. The Balaban J connectivity index is 0.000000400. The topological polar surface area (TPSA) is 96.9 Å². The summed E-state index contributed by atoms with van der Waals surface area (Å²) in [6.45, 7) is 16.2. The molecule has 0 aliphatic heterocycles. The summed E-state index contributed by atoms with van der Waals surface area (Å²) in [5.74, 6) is 1.45. The summed E-state index contributed by atoms with van der Waals surface area (Å²) in [6, 6.07) is 54.8. The summed E-state index contributed by atoms with van der Waals surface area (Å²) in [4.78, 5) is 4.78. The van der Waals surface area contributed by atoms with Crippen LogP contribution in [-0.2, 0) is 11.2 Å². The predicted octanol–water partition coefficient (Wildman–Crippen LogP) is 10.5. The summed E-state index contributed by atoms with van der Waals surface area (Å²) in [5, 5.41) is 24.1. The number of rotatable bonds is 20. The van der Waals surface area contributed by atoms with Crippen LogP contribution in [0.3, 0.4) is 0 Å². The lowest BCUT2D eigenvalue weighted by atomic mass is 9.80. The molecular weight excluding hydrogens is 892 g/mol. The molecule has 9 heteroatoms. The van der Waals surface area contributed by atoms with E-state index >= 15 is 0 Å². The monoisotopic (exact) mass is 956 g/mol. The Labute approximate surface area is 385 Å². The molecule has 0 radical (unpaired) electrons. The molecule has 61 heavy (non-hydrogen) atoms. The van der Waals surface area contributed by atoms with E-state index in [-0.39, 0.29) is 39.4 Å². The van der Waals surface area contributed by atoms with Crippen LogP contribution in [0, 0.1) is 0 Å². The lowest BCUT2D eigenvalue weighted by molar-refractivity contribution is 0.120. The highest BCUT2D eigenvalue weighted by molar-refractivity contribution is 8.93. The van der Waals surface area contributed by atoms with Crippen molar-refractivity contribution in [2.75, 3.05) is 52.5 Å². The minimum absolute atomic E-state index is 0. The molecule has 0 atom stereocenters. The number of ether oxygens (including phenoxy) is 2. The molecule has 6 aromatic carbocycles. The molecule has 0 heterocycles. The van der Waals surface area contributed by atoms with Gasteiger partial charge in [-0.2, -0.15) is 0 Å². The number of benzene rings is 6. The molecule has 6 aromatic rings. The second-order valence-corrected chi connectivity index (χ2v) is 14.3. The van der Waals surface area contributed by atoms with Crippen molar-refractivity contribution in [1.82, 2.24) is 9.80 Å². The van der Waals surface area contributed by atoms with Gasteiger partial charge in [0.05, 0.1) is 13.2 Å². The third-order valence-electron chi connectivity index (χ3n) is 10.9. The van der Waals surface area contributed by atoms with Crippen molar-refractivity contribution in [2.24, 2.45) is 0 Å². The molecule has 0 saturated carbocycles. The Bertz CT molecular complexity index is 1810. The molecule has 0 spiro atoms. The Morgan fingerprint density at radius 3 is 0.902 bits per heavy atom. The molecule has 0 aliphatic carbocycles. The van der Waals surface area contributed by atoms with E-state index in [1.165, 1.54) is 0 Å². The number of nitrogens with zero attached hydrogens (tertiary/aromatic N) is 2. The van der Waals surface area contributed by atoms with Crippen molar-refractivity contribution in [3.63, 3.8) is 0 Å². The third kappa shape index (κ3) is 13.8. The van der Waals surface area contributed by atoms with Crippen LogP contribution in [0.25, 0.3) is 0 Å². The minimum Gasteiger partial charge on any atom is -0.493 e. The van der Waals surface area contributed by atoms with Gasteiger partial charge in [-0.25, -0.2) is 0 Å². The highest BCUT2D eigenvalue weighted by Crippen LogP contribution is 2.42. The number of hydrogen-bond acceptors (Lipinski definition) is 6. The fourth-order valence-electron chi connectivity index (χ4n) is 7.48. The zero-order valence-corrected chi connectivity index (χ0v) is 39.6. The van der Waals surface area contributed by atoms with Gasteiger partial charge in [-0.3, -0.25) is 0 Å². The van der Waals surface area contributed by atoms with Gasteiger partial charge in [0.2, 0.25) is 0 Å². The maximum atomic E-state index is 12.0. The molecule has 0 fully saturated rings. The molecule has 6 rings (SSSR count). The molecule has 0 amide bonds. The van der Waals surface area contributed by atoms with Gasteiger partial charge in [0.15, 0.2) is 0 Å². The largest absolute Gasteiger partial charge is 0.493 e.